The fraction of sp³-hybridized carbons (Fsp3) is 0.286. The van der Waals surface area contributed by atoms with E-state index in [2.05, 4.69) is 4.98 Å². The molecule has 0 fully saturated rings. The summed E-state index contributed by atoms with van der Waals surface area (Å²) in [7, 11) is 0. The van der Waals surface area contributed by atoms with Gasteiger partial charge in [-0.25, -0.2) is 18.2 Å². The highest BCUT2D eigenvalue weighted by atomic mass is 32.1. The van der Waals surface area contributed by atoms with Crippen molar-refractivity contribution in [2.75, 3.05) is 0 Å². The molecule has 1 atom stereocenters. The normalized spacial score (nSPS) is 12.4. The number of aliphatic carboxylic acids is 1. The van der Waals surface area contributed by atoms with Gasteiger partial charge < -0.3 is 5.11 Å². The minimum Gasteiger partial charge on any atom is -0.481 e. The lowest BCUT2D eigenvalue weighted by Gasteiger charge is -2.10. The van der Waals surface area contributed by atoms with E-state index in [4.69, 9.17) is 5.11 Å². The molecular formula is C14H12F3NO2S. The molecular weight excluding hydrogens is 303 g/mol. The maximum Gasteiger partial charge on any atom is 0.303 e. The summed E-state index contributed by atoms with van der Waals surface area (Å²) in [5.74, 6) is -5.55. The number of halogens is 3. The zero-order valence-corrected chi connectivity index (χ0v) is 12.1. The minimum atomic E-state index is -1.56. The Balaban J connectivity index is 2.55. The van der Waals surface area contributed by atoms with E-state index in [0.717, 1.165) is 12.1 Å². The van der Waals surface area contributed by atoms with Crippen LogP contribution >= 0.6 is 11.3 Å². The molecule has 1 aromatic heterocycles. The van der Waals surface area contributed by atoms with Crippen LogP contribution in [-0.2, 0) is 4.79 Å². The number of aryl methyl sites for hydroxylation is 1. The van der Waals surface area contributed by atoms with Gasteiger partial charge in [-0.3, -0.25) is 4.79 Å². The molecule has 0 radical (unpaired) electrons. The van der Waals surface area contributed by atoms with Crippen LogP contribution in [0.5, 0.6) is 0 Å². The van der Waals surface area contributed by atoms with Gasteiger partial charge in [-0.15, -0.1) is 11.3 Å². The minimum absolute atomic E-state index is 0.153. The van der Waals surface area contributed by atoms with Gasteiger partial charge in [0.2, 0.25) is 0 Å². The highest BCUT2D eigenvalue weighted by Crippen LogP contribution is 2.37. The van der Waals surface area contributed by atoms with Crippen LogP contribution in [0, 0.1) is 24.4 Å². The molecule has 112 valence electrons. The maximum atomic E-state index is 13.9. The van der Waals surface area contributed by atoms with Gasteiger partial charge in [-0.1, -0.05) is 6.92 Å². The van der Waals surface area contributed by atoms with Crippen molar-refractivity contribution in [3.8, 4) is 11.3 Å². The number of hydrogen-bond donors (Lipinski definition) is 1. The monoisotopic (exact) mass is 315 g/mol. The molecule has 1 heterocycles. The Morgan fingerprint density at radius 1 is 1.33 bits per heavy atom. The maximum absolute atomic E-state index is 13.9. The van der Waals surface area contributed by atoms with E-state index < -0.39 is 29.3 Å². The molecule has 0 saturated carbocycles. The number of hydrogen-bond acceptors (Lipinski definition) is 3. The molecule has 0 aliphatic rings. The molecule has 1 aromatic carbocycles. The standard InChI is InChI=1S/C14H12F3NO2S/c1-6(5-10(19)20)14-13(18-7(2)21-14)8-3-4-9(15)12(17)11(8)16/h3-4,6H,5H2,1-2H3,(H,19,20). The van der Waals surface area contributed by atoms with Crippen LogP contribution in [-0.4, -0.2) is 16.1 Å². The Bertz CT molecular complexity index is 700. The third kappa shape index (κ3) is 3.07. The second kappa shape index (κ2) is 5.85. The van der Waals surface area contributed by atoms with E-state index in [1.165, 1.54) is 11.3 Å². The first-order valence-electron chi connectivity index (χ1n) is 6.14. The highest BCUT2D eigenvalue weighted by Gasteiger charge is 2.23. The summed E-state index contributed by atoms with van der Waals surface area (Å²) >= 11 is 1.22. The molecule has 0 spiro atoms. The molecule has 1 unspecified atom stereocenters. The van der Waals surface area contributed by atoms with Gasteiger partial charge in [0.25, 0.3) is 0 Å². The molecule has 3 nitrogen and oxygen atoms in total. The number of carboxylic acids is 1. The topological polar surface area (TPSA) is 50.2 Å². The molecule has 0 aliphatic carbocycles. The fourth-order valence-corrected chi connectivity index (χ4v) is 3.03. The van der Waals surface area contributed by atoms with Crippen LogP contribution in [0.1, 0.15) is 29.1 Å². The average Bonchev–Trinajstić information content (AvgIpc) is 2.77. The van der Waals surface area contributed by atoms with Gasteiger partial charge in [0.1, 0.15) is 0 Å². The van der Waals surface area contributed by atoms with Crippen molar-refractivity contribution in [2.24, 2.45) is 0 Å². The predicted molar refractivity (Wildman–Crippen MR) is 72.8 cm³/mol. The lowest BCUT2D eigenvalue weighted by atomic mass is 10.0. The SMILES string of the molecule is Cc1nc(-c2ccc(F)c(F)c2F)c(C(C)CC(=O)O)s1. The lowest BCUT2D eigenvalue weighted by molar-refractivity contribution is -0.137. The average molecular weight is 315 g/mol. The Labute approximate surface area is 123 Å². The van der Waals surface area contributed by atoms with Crippen LogP contribution < -0.4 is 0 Å². The van der Waals surface area contributed by atoms with E-state index in [-0.39, 0.29) is 17.7 Å². The molecule has 1 N–H and O–H groups in total. The molecule has 0 saturated heterocycles. The Morgan fingerprint density at radius 2 is 2.00 bits per heavy atom. The highest BCUT2D eigenvalue weighted by molar-refractivity contribution is 7.12. The van der Waals surface area contributed by atoms with Crippen molar-refractivity contribution in [1.29, 1.82) is 0 Å². The van der Waals surface area contributed by atoms with Crippen molar-refractivity contribution >= 4 is 17.3 Å². The van der Waals surface area contributed by atoms with Crippen LogP contribution in [0.3, 0.4) is 0 Å². The van der Waals surface area contributed by atoms with E-state index >= 15 is 0 Å². The summed E-state index contributed by atoms with van der Waals surface area (Å²) in [6.45, 7) is 3.35. The van der Waals surface area contributed by atoms with E-state index in [1.807, 2.05) is 0 Å². The molecule has 2 rings (SSSR count). The number of thiazole rings is 1. The molecule has 2 aromatic rings. The quantitative estimate of drug-likeness (QED) is 0.864. The Kier molecular flexibility index (Phi) is 4.32. The third-order valence-electron chi connectivity index (χ3n) is 2.98. The van der Waals surface area contributed by atoms with Gasteiger partial charge in [0, 0.05) is 16.4 Å². The van der Waals surface area contributed by atoms with Crippen LogP contribution in [0.4, 0.5) is 13.2 Å². The Hall–Kier alpha value is -1.89. The van der Waals surface area contributed by atoms with Crippen molar-refractivity contribution in [2.45, 2.75) is 26.2 Å². The molecule has 21 heavy (non-hydrogen) atoms. The first kappa shape index (κ1) is 15.5. The van der Waals surface area contributed by atoms with Crippen LogP contribution in [0.2, 0.25) is 0 Å². The van der Waals surface area contributed by atoms with Crippen molar-refractivity contribution in [3.05, 3.63) is 39.5 Å². The second-order valence-corrected chi connectivity index (χ2v) is 5.90. The first-order chi connectivity index (χ1) is 9.81. The Morgan fingerprint density at radius 3 is 2.62 bits per heavy atom. The molecule has 0 aliphatic heterocycles. The smallest absolute Gasteiger partial charge is 0.303 e. The number of nitrogens with zero attached hydrogens (tertiary/aromatic N) is 1. The zero-order valence-electron chi connectivity index (χ0n) is 11.3. The summed E-state index contributed by atoms with van der Waals surface area (Å²) in [6, 6.07) is 1.94. The summed E-state index contributed by atoms with van der Waals surface area (Å²) in [5, 5.41) is 9.45. The van der Waals surface area contributed by atoms with Gasteiger partial charge in [0.05, 0.1) is 17.1 Å². The summed E-state index contributed by atoms with van der Waals surface area (Å²) in [6.07, 6.45) is -0.153. The number of carboxylic acid groups (broad SMARTS) is 1. The number of carbonyl (C=O) groups is 1. The number of aromatic nitrogens is 1. The number of rotatable bonds is 4. The van der Waals surface area contributed by atoms with Crippen LogP contribution in [0.25, 0.3) is 11.3 Å². The second-order valence-electron chi connectivity index (χ2n) is 4.67. The summed E-state index contributed by atoms with van der Waals surface area (Å²) in [5.41, 5.74) is 0.00754. The van der Waals surface area contributed by atoms with Gasteiger partial charge in [-0.2, -0.15) is 0 Å². The predicted octanol–water partition coefficient (Wildman–Crippen LogP) is 4.11. The third-order valence-corrected chi connectivity index (χ3v) is 4.18. The number of benzene rings is 1. The van der Waals surface area contributed by atoms with E-state index in [1.54, 1.807) is 13.8 Å². The first-order valence-corrected chi connectivity index (χ1v) is 6.96. The zero-order chi connectivity index (χ0) is 15.7. The van der Waals surface area contributed by atoms with E-state index in [9.17, 15) is 18.0 Å². The van der Waals surface area contributed by atoms with Gasteiger partial charge in [0.15, 0.2) is 17.5 Å². The van der Waals surface area contributed by atoms with E-state index in [0.29, 0.717) is 9.88 Å². The summed E-state index contributed by atoms with van der Waals surface area (Å²) < 4.78 is 40.3. The fourth-order valence-electron chi connectivity index (χ4n) is 2.03. The molecule has 7 heteroatoms. The summed E-state index contributed by atoms with van der Waals surface area (Å²) in [4.78, 5) is 15.5. The van der Waals surface area contributed by atoms with Crippen molar-refractivity contribution in [1.82, 2.24) is 4.98 Å². The largest absolute Gasteiger partial charge is 0.481 e. The van der Waals surface area contributed by atoms with Gasteiger partial charge in [-0.05, 0) is 19.1 Å². The lowest BCUT2D eigenvalue weighted by Crippen LogP contribution is -2.03. The molecule has 0 amide bonds. The molecule has 0 bridgehead atoms. The van der Waals surface area contributed by atoms with Gasteiger partial charge >= 0.3 is 5.97 Å². The van der Waals surface area contributed by atoms with Crippen molar-refractivity contribution < 1.29 is 23.1 Å². The van der Waals surface area contributed by atoms with Crippen LogP contribution in [0.15, 0.2) is 12.1 Å². The van der Waals surface area contributed by atoms with Crippen molar-refractivity contribution in [3.63, 3.8) is 0 Å².